The first-order chi connectivity index (χ1) is 19.8. The van der Waals surface area contributed by atoms with Gasteiger partial charge in [-0.15, -0.1) is 0 Å². The highest BCUT2D eigenvalue weighted by atomic mass is 15.1. The van der Waals surface area contributed by atoms with E-state index in [1.807, 2.05) is 0 Å². The van der Waals surface area contributed by atoms with Gasteiger partial charge in [0.2, 0.25) is 6.33 Å². The van der Waals surface area contributed by atoms with E-state index in [1.54, 1.807) is 0 Å². The average molecular weight is 552 g/mol. The Morgan fingerprint density at radius 2 is 1.00 bits per heavy atom. The summed E-state index contributed by atoms with van der Waals surface area (Å²) < 4.78 is 2.50. The predicted octanol–water partition coefficient (Wildman–Crippen LogP) is 12.1. The molecule has 2 atom stereocenters. The summed E-state index contributed by atoms with van der Waals surface area (Å²) in [5.41, 5.74) is 1.51. The average Bonchev–Trinajstić information content (AvgIpc) is 3.51. The summed E-state index contributed by atoms with van der Waals surface area (Å²) in [5.74, 6) is 0.713. The molecule has 0 fully saturated rings. The van der Waals surface area contributed by atoms with Crippen molar-refractivity contribution in [2.75, 3.05) is 0 Å². The second-order valence-electron chi connectivity index (χ2n) is 12.7. The number of imidazole rings is 1. The van der Waals surface area contributed by atoms with Crippen molar-refractivity contribution in [2.24, 2.45) is 5.92 Å². The highest BCUT2D eigenvalue weighted by Gasteiger charge is 2.26. The summed E-state index contributed by atoms with van der Waals surface area (Å²) in [6.07, 6.45) is 41.8. The zero-order valence-electron chi connectivity index (χ0n) is 26.9. The van der Waals surface area contributed by atoms with Gasteiger partial charge in [-0.3, -0.25) is 4.98 Å². The Morgan fingerprint density at radius 1 is 0.550 bits per heavy atom. The van der Waals surface area contributed by atoms with Crippen LogP contribution in [0.4, 0.5) is 0 Å². The molecule has 0 spiro atoms. The standard InChI is InChI=1S/C38H66N2/c1-3-5-7-9-11-13-15-16-18-20-22-27-31-38(40-33-32-39-35-40)37(34-36-28-24-23-25-29-36)30-26-21-19-17-14-12-10-8-6-4-2/h23-25,28-29,32-33,35,37-38H,3-22,26-27,30-31,34H2,1-2H3/p+1. The predicted molar refractivity (Wildman–Crippen MR) is 176 cm³/mol. The first-order valence-electron chi connectivity index (χ1n) is 17.9. The van der Waals surface area contributed by atoms with Gasteiger partial charge in [0.05, 0.1) is 0 Å². The lowest BCUT2D eigenvalue weighted by Gasteiger charge is -2.25. The van der Waals surface area contributed by atoms with Crippen LogP contribution in [-0.2, 0) is 6.42 Å². The van der Waals surface area contributed by atoms with Gasteiger partial charge >= 0.3 is 0 Å². The molecule has 228 valence electrons. The minimum atomic E-state index is 0.605. The molecule has 0 bridgehead atoms. The third-order valence-corrected chi connectivity index (χ3v) is 9.12. The maximum absolute atomic E-state index is 3.35. The molecule has 0 aliphatic rings. The summed E-state index contributed by atoms with van der Waals surface area (Å²) in [5, 5.41) is 0. The van der Waals surface area contributed by atoms with E-state index < -0.39 is 0 Å². The van der Waals surface area contributed by atoms with Crippen LogP contribution in [0.5, 0.6) is 0 Å². The Hall–Kier alpha value is -1.57. The Bertz CT molecular complexity index is 753. The highest BCUT2D eigenvalue weighted by Crippen LogP contribution is 2.29. The molecule has 0 saturated carbocycles. The molecule has 1 aromatic heterocycles. The number of aromatic amines is 1. The fourth-order valence-corrected chi connectivity index (χ4v) is 6.57. The molecule has 2 unspecified atom stereocenters. The van der Waals surface area contributed by atoms with Crippen LogP contribution in [0.15, 0.2) is 49.1 Å². The van der Waals surface area contributed by atoms with Crippen molar-refractivity contribution in [1.82, 2.24) is 4.98 Å². The molecule has 2 rings (SSSR count). The molecule has 2 nitrogen and oxygen atoms in total. The van der Waals surface area contributed by atoms with Gasteiger partial charge in [0.1, 0.15) is 18.4 Å². The van der Waals surface area contributed by atoms with Gasteiger partial charge in [-0.1, -0.05) is 179 Å². The van der Waals surface area contributed by atoms with Crippen LogP contribution < -0.4 is 4.57 Å². The van der Waals surface area contributed by atoms with Gasteiger partial charge in [0.25, 0.3) is 0 Å². The van der Waals surface area contributed by atoms with E-state index in [1.165, 1.54) is 166 Å². The minimum absolute atomic E-state index is 0.605. The Balaban J connectivity index is 1.74. The second kappa shape index (κ2) is 25.2. The molecular formula is C38H67N2+. The van der Waals surface area contributed by atoms with Crippen molar-refractivity contribution in [3.8, 4) is 0 Å². The number of nitrogens with zero attached hydrogens (tertiary/aromatic N) is 1. The van der Waals surface area contributed by atoms with E-state index in [2.05, 4.69) is 72.5 Å². The number of H-pyrrole nitrogens is 1. The molecule has 0 saturated heterocycles. The van der Waals surface area contributed by atoms with Crippen LogP contribution in [0.1, 0.15) is 180 Å². The zero-order valence-corrected chi connectivity index (χ0v) is 26.9. The normalized spacial score (nSPS) is 13.1. The van der Waals surface area contributed by atoms with Gasteiger partial charge in [-0.05, 0) is 31.2 Å². The van der Waals surface area contributed by atoms with Crippen LogP contribution in [-0.4, -0.2) is 4.98 Å². The van der Waals surface area contributed by atoms with Gasteiger partial charge < -0.3 is 0 Å². The number of hydrogen-bond acceptors (Lipinski definition) is 0. The van der Waals surface area contributed by atoms with E-state index in [-0.39, 0.29) is 0 Å². The third kappa shape index (κ3) is 17.3. The van der Waals surface area contributed by atoms with E-state index in [0.29, 0.717) is 12.0 Å². The Kier molecular flexibility index (Phi) is 21.8. The number of rotatable bonds is 28. The second-order valence-corrected chi connectivity index (χ2v) is 12.7. The van der Waals surface area contributed by atoms with Crippen LogP contribution in [0.3, 0.4) is 0 Å². The third-order valence-electron chi connectivity index (χ3n) is 9.12. The van der Waals surface area contributed by atoms with Crippen molar-refractivity contribution < 1.29 is 4.57 Å². The van der Waals surface area contributed by atoms with Gasteiger partial charge in [0.15, 0.2) is 0 Å². The summed E-state index contributed by atoms with van der Waals surface area (Å²) in [4.78, 5) is 3.35. The number of benzene rings is 1. The minimum Gasteiger partial charge on any atom is -0.250 e. The molecule has 2 aromatic rings. The maximum Gasteiger partial charge on any atom is 0.241 e. The van der Waals surface area contributed by atoms with Gasteiger partial charge in [-0.2, -0.15) is 0 Å². The fourth-order valence-electron chi connectivity index (χ4n) is 6.57. The van der Waals surface area contributed by atoms with Crippen LogP contribution in [0.25, 0.3) is 0 Å². The van der Waals surface area contributed by atoms with Gasteiger partial charge in [0, 0.05) is 5.92 Å². The first kappa shape index (κ1) is 34.6. The van der Waals surface area contributed by atoms with Crippen molar-refractivity contribution in [3.05, 3.63) is 54.6 Å². The van der Waals surface area contributed by atoms with E-state index in [0.717, 1.165) is 0 Å². The number of aromatic nitrogens is 2. The lowest BCUT2D eigenvalue weighted by molar-refractivity contribution is -0.730. The van der Waals surface area contributed by atoms with Crippen LogP contribution in [0, 0.1) is 5.92 Å². The Labute approximate surface area is 250 Å². The summed E-state index contributed by atoms with van der Waals surface area (Å²) in [7, 11) is 0. The lowest BCUT2D eigenvalue weighted by Crippen LogP contribution is -2.42. The first-order valence-corrected chi connectivity index (χ1v) is 17.9. The zero-order chi connectivity index (χ0) is 28.4. The van der Waals surface area contributed by atoms with Crippen molar-refractivity contribution in [3.63, 3.8) is 0 Å². The van der Waals surface area contributed by atoms with Crippen LogP contribution in [0.2, 0.25) is 0 Å². The highest BCUT2D eigenvalue weighted by molar-refractivity contribution is 5.15. The monoisotopic (exact) mass is 552 g/mol. The van der Waals surface area contributed by atoms with Crippen molar-refractivity contribution in [2.45, 2.75) is 180 Å². The largest absolute Gasteiger partial charge is 0.250 e. The maximum atomic E-state index is 3.35. The summed E-state index contributed by atoms with van der Waals surface area (Å²) in [6.45, 7) is 4.62. The molecule has 1 heterocycles. The molecule has 0 aliphatic carbocycles. The molecule has 0 radical (unpaired) electrons. The van der Waals surface area contributed by atoms with E-state index in [9.17, 15) is 0 Å². The number of hydrogen-bond donors (Lipinski definition) is 1. The summed E-state index contributed by atoms with van der Waals surface area (Å²) >= 11 is 0. The molecule has 0 amide bonds. The molecular weight excluding hydrogens is 484 g/mol. The van der Waals surface area contributed by atoms with Gasteiger partial charge in [-0.25, -0.2) is 4.57 Å². The van der Waals surface area contributed by atoms with Crippen molar-refractivity contribution in [1.29, 1.82) is 0 Å². The molecule has 1 aromatic carbocycles. The SMILES string of the molecule is CCCCCCCCCCCCCCC(C(CCCCCCCCCCCC)Cc1ccccc1)[n+]1cc[nH]c1. The fraction of sp³-hybridized carbons (Fsp3) is 0.763. The molecule has 40 heavy (non-hydrogen) atoms. The lowest BCUT2D eigenvalue weighted by atomic mass is 9.84. The van der Waals surface area contributed by atoms with Crippen LogP contribution >= 0.6 is 0 Å². The molecule has 0 aliphatic heterocycles. The smallest absolute Gasteiger partial charge is 0.241 e. The number of nitrogens with one attached hydrogen (secondary N) is 1. The summed E-state index contributed by atoms with van der Waals surface area (Å²) in [6, 6.07) is 11.9. The Morgan fingerprint density at radius 3 is 1.45 bits per heavy atom. The van der Waals surface area contributed by atoms with Crippen molar-refractivity contribution >= 4 is 0 Å². The topological polar surface area (TPSA) is 19.7 Å². The number of unbranched alkanes of at least 4 members (excludes halogenated alkanes) is 20. The molecule has 2 heteroatoms. The molecule has 1 N–H and O–H groups in total. The van der Waals surface area contributed by atoms with E-state index in [4.69, 9.17) is 0 Å². The van der Waals surface area contributed by atoms with E-state index >= 15 is 0 Å². The quantitative estimate of drug-likeness (QED) is 0.0801.